The normalized spacial score (nSPS) is 13.5. The van der Waals surface area contributed by atoms with E-state index in [0.717, 1.165) is 5.56 Å². The summed E-state index contributed by atoms with van der Waals surface area (Å²) in [5.74, 6) is 0.923. The summed E-state index contributed by atoms with van der Waals surface area (Å²) in [5, 5.41) is 2.94. The smallest absolute Gasteiger partial charge is 0.342 e. The molecular weight excluding hydrogens is 386 g/mol. The average molecular weight is 413 g/mol. The van der Waals surface area contributed by atoms with Crippen LogP contribution in [0.5, 0.6) is 17.2 Å². The number of fused-ring (bicyclic) bond motifs is 1. The van der Waals surface area contributed by atoms with E-state index >= 15 is 0 Å². The second-order valence-electron chi connectivity index (χ2n) is 7.20. The molecule has 7 heteroatoms. The SMILES string of the molecule is CCOc1ccccc1C(=O)OCC(=O)N[C@@H](c1ccc2c(c1)OCCO2)C(C)C. The van der Waals surface area contributed by atoms with Crippen molar-refractivity contribution in [3.05, 3.63) is 53.6 Å². The zero-order valence-corrected chi connectivity index (χ0v) is 17.5. The highest BCUT2D eigenvalue weighted by Gasteiger charge is 2.22. The second-order valence-corrected chi connectivity index (χ2v) is 7.20. The Morgan fingerprint density at radius 3 is 2.53 bits per heavy atom. The van der Waals surface area contributed by atoms with Crippen LogP contribution in [0.3, 0.4) is 0 Å². The quantitative estimate of drug-likeness (QED) is 0.667. The van der Waals surface area contributed by atoms with Crippen LogP contribution < -0.4 is 19.5 Å². The minimum absolute atomic E-state index is 0.117. The van der Waals surface area contributed by atoms with E-state index in [-0.39, 0.29) is 24.5 Å². The first-order valence-corrected chi connectivity index (χ1v) is 10.1. The third-order valence-electron chi connectivity index (χ3n) is 4.65. The van der Waals surface area contributed by atoms with E-state index in [1.54, 1.807) is 24.3 Å². The molecule has 3 rings (SSSR count). The first-order valence-electron chi connectivity index (χ1n) is 10.1. The Labute approximate surface area is 176 Å². The number of amides is 1. The molecule has 1 amide bonds. The number of benzene rings is 2. The largest absolute Gasteiger partial charge is 0.493 e. The second kappa shape index (κ2) is 10.0. The molecule has 1 atom stereocenters. The zero-order valence-electron chi connectivity index (χ0n) is 17.5. The van der Waals surface area contributed by atoms with Gasteiger partial charge in [0.05, 0.1) is 12.6 Å². The van der Waals surface area contributed by atoms with Crippen LogP contribution in [0.2, 0.25) is 0 Å². The molecule has 0 unspecified atom stereocenters. The molecule has 1 heterocycles. The first kappa shape index (κ1) is 21.5. The van der Waals surface area contributed by atoms with E-state index in [1.165, 1.54) is 0 Å². The monoisotopic (exact) mass is 413 g/mol. The number of ether oxygens (including phenoxy) is 4. The summed E-state index contributed by atoms with van der Waals surface area (Å²) in [4.78, 5) is 24.9. The van der Waals surface area contributed by atoms with Gasteiger partial charge in [-0.3, -0.25) is 4.79 Å². The number of hydrogen-bond acceptors (Lipinski definition) is 6. The van der Waals surface area contributed by atoms with Gasteiger partial charge in [0, 0.05) is 0 Å². The van der Waals surface area contributed by atoms with Gasteiger partial charge in [0.25, 0.3) is 5.91 Å². The lowest BCUT2D eigenvalue weighted by atomic mass is 9.95. The van der Waals surface area contributed by atoms with Crippen LogP contribution in [0.1, 0.15) is 42.7 Å². The van der Waals surface area contributed by atoms with Crippen LogP contribution in [0.4, 0.5) is 0 Å². The third kappa shape index (κ3) is 5.23. The fourth-order valence-corrected chi connectivity index (χ4v) is 3.23. The van der Waals surface area contributed by atoms with E-state index in [1.807, 2.05) is 39.0 Å². The maximum absolute atomic E-state index is 12.5. The Hall–Kier alpha value is -3.22. The van der Waals surface area contributed by atoms with Gasteiger partial charge in [0.2, 0.25) is 0 Å². The summed E-state index contributed by atoms with van der Waals surface area (Å²) in [6.07, 6.45) is 0. The molecule has 0 saturated carbocycles. The van der Waals surface area contributed by atoms with Crippen molar-refractivity contribution in [2.75, 3.05) is 26.4 Å². The van der Waals surface area contributed by atoms with Gasteiger partial charge in [-0.25, -0.2) is 4.79 Å². The standard InChI is InChI=1S/C23H27NO6/c1-4-27-18-8-6-5-7-17(18)23(26)30-14-21(25)24-22(15(2)3)16-9-10-19-20(13-16)29-12-11-28-19/h5-10,13,15,22H,4,11-12,14H2,1-3H3,(H,24,25)/t22-/m1/s1. The molecule has 2 aromatic rings. The molecular formula is C23H27NO6. The molecule has 0 aromatic heterocycles. The van der Waals surface area contributed by atoms with Gasteiger partial charge in [-0.05, 0) is 42.7 Å². The van der Waals surface area contributed by atoms with Crippen molar-refractivity contribution < 1.29 is 28.5 Å². The van der Waals surface area contributed by atoms with E-state index < -0.39 is 5.97 Å². The fourth-order valence-electron chi connectivity index (χ4n) is 3.23. The van der Waals surface area contributed by atoms with Gasteiger partial charge in [-0.1, -0.05) is 32.0 Å². The van der Waals surface area contributed by atoms with Crippen molar-refractivity contribution in [2.24, 2.45) is 5.92 Å². The molecule has 0 aliphatic carbocycles. The molecule has 0 fully saturated rings. The van der Waals surface area contributed by atoms with Gasteiger partial charge >= 0.3 is 5.97 Å². The molecule has 1 N–H and O–H groups in total. The number of carbonyl (C=O) groups excluding carboxylic acids is 2. The highest BCUT2D eigenvalue weighted by atomic mass is 16.6. The Balaban J connectivity index is 1.63. The molecule has 0 spiro atoms. The number of rotatable bonds is 8. The van der Waals surface area contributed by atoms with Crippen LogP contribution >= 0.6 is 0 Å². The van der Waals surface area contributed by atoms with E-state index in [4.69, 9.17) is 18.9 Å². The molecule has 1 aliphatic rings. The van der Waals surface area contributed by atoms with Crippen molar-refractivity contribution >= 4 is 11.9 Å². The minimum Gasteiger partial charge on any atom is -0.493 e. The number of nitrogens with one attached hydrogen (secondary N) is 1. The van der Waals surface area contributed by atoms with Gasteiger partial charge in [-0.2, -0.15) is 0 Å². The van der Waals surface area contributed by atoms with E-state index in [0.29, 0.717) is 42.6 Å². The molecule has 1 aliphatic heterocycles. The molecule has 0 saturated heterocycles. The number of carbonyl (C=O) groups is 2. The van der Waals surface area contributed by atoms with Crippen LogP contribution in [0, 0.1) is 5.92 Å². The van der Waals surface area contributed by atoms with Crippen LogP contribution in [-0.2, 0) is 9.53 Å². The van der Waals surface area contributed by atoms with Crippen LogP contribution in [0.15, 0.2) is 42.5 Å². The molecule has 2 aromatic carbocycles. The molecule has 0 bridgehead atoms. The Morgan fingerprint density at radius 2 is 1.80 bits per heavy atom. The lowest BCUT2D eigenvalue weighted by Gasteiger charge is -2.25. The highest BCUT2D eigenvalue weighted by Crippen LogP contribution is 2.34. The Morgan fingerprint density at radius 1 is 1.07 bits per heavy atom. The van der Waals surface area contributed by atoms with Crippen LogP contribution in [-0.4, -0.2) is 38.3 Å². The molecule has 7 nitrogen and oxygen atoms in total. The van der Waals surface area contributed by atoms with Crippen molar-refractivity contribution in [2.45, 2.75) is 26.8 Å². The summed E-state index contributed by atoms with van der Waals surface area (Å²) in [7, 11) is 0. The van der Waals surface area contributed by atoms with Crippen LogP contribution in [0.25, 0.3) is 0 Å². The minimum atomic E-state index is -0.602. The topological polar surface area (TPSA) is 83.1 Å². The summed E-state index contributed by atoms with van der Waals surface area (Å²) >= 11 is 0. The lowest BCUT2D eigenvalue weighted by Crippen LogP contribution is -2.35. The van der Waals surface area contributed by atoms with Gasteiger partial charge in [-0.15, -0.1) is 0 Å². The van der Waals surface area contributed by atoms with Gasteiger partial charge < -0.3 is 24.3 Å². The fraction of sp³-hybridized carbons (Fsp3) is 0.391. The zero-order chi connectivity index (χ0) is 21.5. The predicted molar refractivity (Wildman–Crippen MR) is 111 cm³/mol. The molecule has 30 heavy (non-hydrogen) atoms. The maximum Gasteiger partial charge on any atom is 0.342 e. The first-order chi connectivity index (χ1) is 14.5. The molecule has 160 valence electrons. The Kier molecular flexibility index (Phi) is 7.17. The number of para-hydroxylation sites is 1. The summed E-state index contributed by atoms with van der Waals surface area (Å²) in [6, 6.07) is 12.2. The number of esters is 1. The predicted octanol–water partition coefficient (Wildman–Crippen LogP) is 3.53. The van der Waals surface area contributed by atoms with Crippen molar-refractivity contribution in [3.8, 4) is 17.2 Å². The summed E-state index contributed by atoms with van der Waals surface area (Å²) in [6.45, 7) is 6.91. The van der Waals surface area contributed by atoms with E-state index in [2.05, 4.69) is 5.32 Å². The summed E-state index contributed by atoms with van der Waals surface area (Å²) in [5.41, 5.74) is 1.19. The van der Waals surface area contributed by atoms with Crippen molar-refractivity contribution in [1.29, 1.82) is 0 Å². The average Bonchev–Trinajstić information content (AvgIpc) is 2.76. The van der Waals surface area contributed by atoms with Gasteiger partial charge in [0.1, 0.15) is 24.5 Å². The highest BCUT2D eigenvalue weighted by molar-refractivity contribution is 5.94. The Bertz CT molecular complexity index is 895. The lowest BCUT2D eigenvalue weighted by molar-refractivity contribution is -0.125. The third-order valence-corrected chi connectivity index (χ3v) is 4.65. The van der Waals surface area contributed by atoms with E-state index in [9.17, 15) is 9.59 Å². The van der Waals surface area contributed by atoms with Crippen molar-refractivity contribution in [3.63, 3.8) is 0 Å². The molecule has 0 radical (unpaired) electrons. The number of hydrogen-bond donors (Lipinski definition) is 1. The van der Waals surface area contributed by atoms with Crippen molar-refractivity contribution in [1.82, 2.24) is 5.32 Å². The van der Waals surface area contributed by atoms with Gasteiger partial charge in [0.15, 0.2) is 18.1 Å². The summed E-state index contributed by atoms with van der Waals surface area (Å²) < 4.78 is 21.8. The maximum atomic E-state index is 12.5.